The Hall–Kier alpha value is -1.42. The third-order valence-corrected chi connectivity index (χ3v) is 5.07. The zero-order valence-electron chi connectivity index (χ0n) is 11.2. The molecule has 0 aromatic rings. The van der Waals surface area contributed by atoms with Crippen molar-refractivity contribution in [2.45, 2.75) is 20.3 Å². The molecule has 0 unspecified atom stereocenters. The minimum Gasteiger partial charge on any atom is -0.461 e. The molecule has 0 spiro atoms. The number of allylic oxidation sites excluding steroid dienone is 1. The first-order chi connectivity index (χ1) is 9.01. The number of Topliss-reactive ketones (excluding diaryl/α,β-unsaturated/α-hetero) is 1. The van der Waals surface area contributed by atoms with Gasteiger partial charge in [0.25, 0.3) is 0 Å². The maximum Gasteiger partial charge on any atom is 0.336 e. The van der Waals surface area contributed by atoms with Crippen LogP contribution < -0.4 is 0 Å². The fourth-order valence-corrected chi connectivity index (χ4v) is 3.79. The molecule has 4 nitrogen and oxygen atoms in total. The number of rotatable bonds is 2. The molecule has 102 valence electrons. The second-order valence-electron chi connectivity index (χ2n) is 5.98. The van der Waals surface area contributed by atoms with Gasteiger partial charge >= 0.3 is 5.97 Å². The third kappa shape index (κ3) is 1.49. The van der Waals surface area contributed by atoms with E-state index in [4.69, 9.17) is 4.74 Å². The SMILES string of the molecule is C[C@H]1[C@H](C)CC(=O)[C@H]1[C@@]12C=CC1=C(CO)C(=O)OC2. The van der Waals surface area contributed by atoms with Gasteiger partial charge in [0.2, 0.25) is 0 Å². The quantitative estimate of drug-likeness (QED) is 0.761. The van der Waals surface area contributed by atoms with Crippen molar-refractivity contribution in [1.29, 1.82) is 0 Å². The summed E-state index contributed by atoms with van der Waals surface area (Å²) < 4.78 is 5.20. The van der Waals surface area contributed by atoms with Gasteiger partial charge < -0.3 is 9.84 Å². The Balaban J connectivity index is 2.06. The predicted octanol–water partition coefficient (Wildman–Crippen LogP) is 1.25. The van der Waals surface area contributed by atoms with Gasteiger partial charge in [-0.15, -0.1) is 0 Å². The van der Waals surface area contributed by atoms with Crippen molar-refractivity contribution in [2.75, 3.05) is 13.2 Å². The molecular weight excluding hydrogens is 244 g/mol. The first-order valence-electron chi connectivity index (χ1n) is 6.75. The summed E-state index contributed by atoms with van der Waals surface area (Å²) >= 11 is 0. The van der Waals surface area contributed by atoms with Gasteiger partial charge in [0, 0.05) is 12.3 Å². The van der Waals surface area contributed by atoms with E-state index in [1.54, 1.807) is 0 Å². The molecule has 3 rings (SSSR count). The van der Waals surface area contributed by atoms with Crippen LogP contribution in [0.1, 0.15) is 20.3 Å². The van der Waals surface area contributed by atoms with Gasteiger partial charge in [-0.1, -0.05) is 26.0 Å². The van der Waals surface area contributed by atoms with Crippen LogP contribution in [0.25, 0.3) is 0 Å². The normalized spacial score (nSPS) is 41.1. The summed E-state index contributed by atoms with van der Waals surface area (Å²) in [4.78, 5) is 23.9. The zero-order valence-corrected chi connectivity index (χ0v) is 11.2. The molecule has 0 aromatic heterocycles. The molecule has 0 saturated heterocycles. The summed E-state index contributed by atoms with van der Waals surface area (Å²) in [5.74, 6) is 0.291. The number of hydrogen-bond acceptors (Lipinski definition) is 4. The number of aliphatic hydroxyl groups excluding tert-OH is 1. The Morgan fingerprint density at radius 3 is 2.63 bits per heavy atom. The van der Waals surface area contributed by atoms with E-state index in [9.17, 15) is 14.7 Å². The first kappa shape index (κ1) is 12.6. The molecule has 4 atom stereocenters. The van der Waals surface area contributed by atoms with Crippen LogP contribution in [-0.4, -0.2) is 30.1 Å². The number of aliphatic hydroxyl groups is 1. The maximum atomic E-state index is 12.3. The summed E-state index contributed by atoms with van der Waals surface area (Å²) in [5.41, 5.74) is 0.645. The van der Waals surface area contributed by atoms with Crippen molar-refractivity contribution < 1.29 is 19.4 Å². The molecule has 19 heavy (non-hydrogen) atoms. The van der Waals surface area contributed by atoms with Gasteiger partial charge in [0.1, 0.15) is 12.4 Å². The maximum absolute atomic E-state index is 12.3. The van der Waals surface area contributed by atoms with Crippen LogP contribution in [-0.2, 0) is 14.3 Å². The fourth-order valence-electron chi connectivity index (χ4n) is 3.79. The highest BCUT2D eigenvalue weighted by molar-refractivity contribution is 5.94. The Bertz CT molecular complexity index is 516. The van der Waals surface area contributed by atoms with Gasteiger partial charge in [0.05, 0.1) is 17.6 Å². The summed E-state index contributed by atoms with van der Waals surface area (Å²) in [6.07, 6.45) is 4.41. The fraction of sp³-hybridized carbons (Fsp3) is 0.600. The Morgan fingerprint density at radius 2 is 2.16 bits per heavy atom. The van der Waals surface area contributed by atoms with E-state index in [2.05, 4.69) is 13.8 Å². The summed E-state index contributed by atoms with van der Waals surface area (Å²) in [5, 5.41) is 9.35. The van der Waals surface area contributed by atoms with Crippen molar-refractivity contribution in [3.05, 3.63) is 23.3 Å². The van der Waals surface area contributed by atoms with E-state index < -0.39 is 11.4 Å². The summed E-state index contributed by atoms with van der Waals surface area (Å²) in [6.45, 7) is 4.08. The smallest absolute Gasteiger partial charge is 0.336 e. The minimum atomic E-state index is -0.479. The molecule has 0 amide bonds. The molecule has 0 aromatic carbocycles. The molecule has 4 heteroatoms. The summed E-state index contributed by atoms with van der Waals surface area (Å²) in [7, 11) is 0. The number of ketones is 1. The van der Waals surface area contributed by atoms with Crippen LogP contribution in [0.2, 0.25) is 0 Å². The van der Waals surface area contributed by atoms with Crippen molar-refractivity contribution >= 4 is 11.8 Å². The second-order valence-corrected chi connectivity index (χ2v) is 5.98. The van der Waals surface area contributed by atoms with Crippen molar-refractivity contribution in [3.63, 3.8) is 0 Å². The van der Waals surface area contributed by atoms with E-state index >= 15 is 0 Å². The van der Waals surface area contributed by atoms with Crippen molar-refractivity contribution in [3.8, 4) is 0 Å². The molecular formula is C15H18O4. The number of esters is 1. The lowest BCUT2D eigenvalue weighted by molar-refractivity contribution is -0.147. The van der Waals surface area contributed by atoms with Gasteiger partial charge in [-0.25, -0.2) is 4.79 Å². The van der Waals surface area contributed by atoms with Crippen LogP contribution in [0.3, 0.4) is 0 Å². The van der Waals surface area contributed by atoms with Gasteiger partial charge in [-0.3, -0.25) is 4.79 Å². The molecule has 1 aliphatic heterocycles. The topological polar surface area (TPSA) is 63.6 Å². The van der Waals surface area contributed by atoms with Crippen LogP contribution in [0.4, 0.5) is 0 Å². The monoisotopic (exact) mass is 262 g/mol. The Kier molecular flexibility index (Phi) is 2.68. The summed E-state index contributed by atoms with van der Waals surface area (Å²) in [6, 6.07) is 0. The highest BCUT2D eigenvalue weighted by atomic mass is 16.5. The van der Waals surface area contributed by atoms with Crippen LogP contribution in [0.15, 0.2) is 23.3 Å². The molecule has 2 aliphatic carbocycles. The molecule has 1 heterocycles. The lowest BCUT2D eigenvalue weighted by Gasteiger charge is -2.47. The lowest BCUT2D eigenvalue weighted by Crippen LogP contribution is -2.48. The van der Waals surface area contributed by atoms with Gasteiger partial charge in [0.15, 0.2) is 0 Å². The van der Waals surface area contributed by atoms with E-state index in [1.807, 2.05) is 12.2 Å². The van der Waals surface area contributed by atoms with Gasteiger partial charge in [-0.2, -0.15) is 0 Å². The van der Waals surface area contributed by atoms with Crippen LogP contribution in [0.5, 0.6) is 0 Å². The van der Waals surface area contributed by atoms with Gasteiger partial charge in [-0.05, 0) is 17.4 Å². The lowest BCUT2D eigenvalue weighted by atomic mass is 9.58. The van der Waals surface area contributed by atoms with E-state index in [1.165, 1.54) is 0 Å². The number of hydrogen-bond donors (Lipinski definition) is 1. The Labute approximate surface area is 112 Å². The average Bonchev–Trinajstić information content (AvgIpc) is 2.60. The number of carbonyl (C=O) groups excluding carboxylic acids is 2. The largest absolute Gasteiger partial charge is 0.461 e. The second kappa shape index (κ2) is 4.04. The van der Waals surface area contributed by atoms with E-state index in [-0.39, 0.29) is 30.8 Å². The Morgan fingerprint density at radius 1 is 1.42 bits per heavy atom. The molecule has 1 fully saturated rings. The number of ether oxygens (including phenoxy) is 1. The van der Waals surface area contributed by atoms with Crippen LogP contribution in [0, 0.1) is 23.2 Å². The third-order valence-electron chi connectivity index (χ3n) is 5.07. The predicted molar refractivity (Wildman–Crippen MR) is 68.1 cm³/mol. The number of cyclic esters (lactones) is 1. The average molecular weight is 262 g/mol. The molecule has 1 saturated carbocycles. The molecule has 1 N–H and O–H groups in total. The first-order valence-corrected chi connectivity index (χ1v) is 6.75. The van der Waals surface area contributed by atoms with Crippen molar-refractivity contribution in [2.24, 2.45) is 23.2 Å². The minimum absolute atomic E-state index is 0.128. The molecule has 0 radical (unpaired) electrons. The standard InChI is InChI=1S/C15H18O4/c1-8-5-12(17)13(9(8)2)15-4-3-11(15)10(6-16)14(18)19-7-15/h3-4,8-9,13,16H,5-7H2,1-2H3/t8-,9+,13+,15-/m1/s1. The highest BCUT2D eigenvalue weighted by Gasteiger charge is 2.57. The van der Waals surface area contributed by atoms with Crippen LogP contribution >= 0.6 is 0 Å². The molecule has 3 aliphatic rings. The number of fused-ring (bicyclic) bond motifs is 1. The number of carbonyl (C=O) groups is 2. The highest BCUT2D eigenvalue weighted by Crippen LogP contribution is 2.56. The molecule has 0 bridgehead atoms. The zero-order chi connectivity index (χ0) is 13.8. The van der Waals surface area contributed by atoms with E-state index in [0.717, 1.165) is 5.57 Å². The van der Waals surface area contributed by atoms with E-state index in [0.29, 0.717) is 17.9 Å². The van der Waals surface area contributed by atoms with Crippen molar-refractivity contribution in [1.82, 2.24) is 0 Å².